The van der Waals surface area contributed by atoms with Gasteiger partial charge in [-0.25, -0.2) is 15.0 Å². The van der Waals surface area contributed by atoms with Crippen LogP contribution in [0.25, 0.3) is 16.9 Å². The molecule has 0 aliphatic heterocycles. The predicted molar refractivity (Wildman–Crippen MR) is 138 cm³/mol. The van der Waals surface area contributed by atoms with Gasteiger partial charge in [-0.1, -0.05) is 54.2 Å². The number of para-hydroxylation sites is 3. The van der Waals surface area contributed by atoms with Gasteiger partial charge in [-0.15, -0.1) is 0 Å². The topological polar surface area (TPSA) is 64.9 Å². The Labute approximate surface area is 211 Å². The van der Waals surface area contributed by atoms with Crippen molar-refractivity contribution in [1.29, 1.82) is 0 Å². The fourth-order valence-electron chi connectivity index (χ4n) is 3.70. The second-order valence-electron chi connectivity index (χ2n) is 8.07. The molecule has 3 aromatic heterocycles. The van der Waals surface area contributed by atoms with E-state index >= 15 is 0 Å². The Morgan fingerprint density at radius 1 is 0.917 bits per heavy atom. The Bertz CT molecular complexity index is 1480. The lowest BCUT2D eigenvalue weighted by atomic mass is 10.2. The number of rotatable bonds is 9. The van der Waals surface area contributed by atoms with Crippen LogP contribution < -0.4 is 10.1 Å². The number of thioether (sulfide) groups is 1. The maximum absolute atomic E-state index is 14.3. The van der Waals surface area contributed by atoms with Gasteiger partial charge in [0.05, 0.1) is 16.7 Å². The van der Waals surface area contributed by atoms with Crippen LogP contribution in [0, 0.1) is 6.92 Å². The highest BCUT2D eigenvalue weighted by Gasteiger charge is 2.31. The largest absolute Gasteiger partial charge is 0.431 e. The highest BCUT2D eigenvalue weighted by atomic mass is 32.2. The summed E-state index contributed by atoms with van der Waals surface area (Å²) in [6, 6.07) is 25.1. The van der Waals surface area contributed by atoms with Crippen molar-refractivity contribution in [2.75, 3.05) is 11.9 Å². The van der Waals surface area contributed by atoms with Crippen molar-refractivity contribution in [2.24, 2.45) is 0 Å². The minimum atomic E-state index is -3.39. The number of aromatic nitrogens is 4. The van der Waals surface area contributed by atoms with Crippen LogP contribution in [0.3, 0.4) is 0 Å². The molecule has 5 rings (SSSR count). The third kappa shape index (κ3) is 5.46. The minimum absolute atomic E-state index is 0.105. The van der Waals surface area contributed by atoms with E-state index in [0.717, 1.165) is 33.3 Å². The summed E-state index contributed by atoms with van der Waals surface area (Å²) in [5, 5.41) is 3.46. The number of halogens is 2. The first-order chi connectivity index (χ1) is 17.5. The van der Waals surface area contributed by atoms with Crippen LogP contribution in [-0.2, 0) is 5.75 Å². The van der Waals surface area contributed by atoms with Crippen LogP contribution in [0.5, 0.6) is 5.75 Å². The Morgan fingerprint density at radius 3 is 2.56 bits per heavy atom. The second kappa shape index (κ2) is 10.3. The van der Waals surface area contributed by atoms with Gasteiger partial charge in [0.25, 0.3) is 0 Å². The van der Waals surface area contributed by atoms with Gasteiger partial charge >= 0.3 is 6.11 Å². The molecule has 5 aromatic rings. The molecule has 0 saturated carbocycles. The first-order valence-electron chi connectivity index (χ1n) is 11.3. The molecule has 0 aliphatic rings. The quantitative estimate of drug-likeness (QED) is 0.232. The summed E-state index contributed by atoms with van der Waals surface area (Å²) in [6.07, 6.45) is -1.63. The number of anilines is 1. The zero-order valence-corrected chi connectivity index (χ0v) is 20.3. The van der Waals surface area contributed by atoms with Gasteiger partial charge in [-0.2, -0.15) is 8.78 Å². The number of fused-ring (bicyclic) bond motifs is 1. The number of alkyl halides is 2. The molecule has 0 amide bonds. The van der Waals surface area contributed by atoms with Crippen molar-refractivity contribution in [2.45, 2.75) is 23.9 Å². The summed E-state index contributed by atoms with van der Waals surface area (Å²) < 4.78 is 35.4. The number of aryl methyl sites for hydroxylation is 1. The summed E-state index contributed by atoms with van der Waals surface area (Å²) in [6.45, 7) is 1.31. The summed E-state index contributed by atoms with van der Waals surface area (Å²) in [5.41, 5.74) is 3.60. The fraction of sp³-hybridized carbons (Fsp3) is 0.148. The van der Waals surface area contributed by atoms with Gasteiger partial charge in [0.1, 0.15) is 23.9 Å². The zero-order chi connectivity index (χ0) is 25.0. The van der Waals surface area contributed by atoms with Crippen molar-refractivity contribution in [3.63, 3.8) is 0 Å². The summed E-state index contributed by atoms with van der Waals surface area (Å²) in [5.74, 6) is 1.77. The minimum Gasteiger partial charge on any atom is -0.431 e. The Kier molecular flexibility index (Phi) is 6.81. The molecule has 0 bridgehead atoms. The maximum atomic E-state index is 14.3. The molecule has 0 atom stereocenters. The number of pyridine rings is 2. The molecule has 6 nitrogen and oxygen atoms in total. The molecule has 0 spiro atoms. The van der Waals surface area contributed by atoms with Crippen molar-refractivity contribution in [1.82, 2.24) is 19.5 Å². The zero-order valence-electron chi connectivity index (χ0n) is 19.4. The van der Waals surface area contributed by atoms with E-state index < -0.39 is 12.7 Å². The van der Waals surface area contributed by atoms with Crippen LogP contribution in [0.15, 0.2) is 96.3 Å². The molecule has 182 valence electrons. The molecule has 0 radical (unpaired) electrons. The van der Waals surface area contributed by atoms with Gasteiger partial charge in [0.2, 0.25) is 0 Å². The molecule has 9 heteroatoms. The Hall–Kier alpha value is -3.98. The SMILES string of the molecule is Cc1cccnc1-n1c(SCc2cccc(NCC(F)(F)Oc3ccccc3)n2)nc2ccccc21. The van der Waals surface area contributed by atoms with E-state index in [1.807, 2.05) is 54.0 Å². The lowest BCUT2D eigenvalue weighted by molar-refractivity contribution is -0.163. The summed E-state index contributed by atoms with van der Waals surface area (Å²) in [7, 11) is 0. The molecule has 2 aromatic carbocycles. The first kappa shape index (κ1) is 23.7. The molecule has 0 aliphatic carbocycles. The van der Waals surface area contributed by atoms with Crippen LogP contribution in [-0.4, -0.2) is 32.2 Å². The van der Waals surface area contributed by atoms with Gasteiger partial charge in [0.15, 0.2) is 5.16 Å². The van der Waals surface area contributed by atoms with Crippen LogP contribution >= 0.6 is 11.8 Å². The summed E-state index contributed by atoms with van der Waals surface area (Å²) >= 11 is 1.51. The van der Waals surface area contributed by atoms with Crippen molar-refractivity contribution < 1.29 is 13.5 Å². The van der Waals surface area contributed by atoms with Crippen molar-refractivity contribution in [3.05, 3.63) is 102 Å². The molecule has 1 N–H and O–H groups in total. The molecule has 0 fully saturated rings. The van der Waals surface area contributed by atoms with Crippen molar-refractivity contribution in [3.8, 4) is 11.6 Å². The third-order valence-electron chi connectivity index (χ3n) is 5.37. The second-order valence-corrected chi connectivity index (χ2v) is 9.01. The van der Waals surface area contributed by atoms with Crippen LogP contribution in [0.2, 0.25) is 0 Å². The van der Waals surface area contributed by atoms with E-state index in [2.05, 4.69) is 15.3 Å². The third-order valence-corrected chi connectivity index (χ3v) is 6.34. The van der Waals surface area contributed by atoms with Crippen molar-refractivity contribution >= 4 is 28.6 Å². The van der Waals surface area contributed by atoms with Gasteiger partial charge in [-0.3, -0.25) is 4.57 Å². The van der Waals surface area contributed by atoms with E-state index in [1.54, 1.807) is 36.5 Å². The van der Waals surface area contributed by atoms with Gasteiger partial charge < -0.3 is 10.1 Å². The lowest BCUT2D eigenvalue weighted by Crippen LogP contribution is -2.33. The Balaban J connectivity index is 1.31. The first-order valence-corrected chi connectivity index (χ1v) is 12.3. The van der Waals surface area contributed by atoms with E-state index in [9.17, 15) is 8.78 Å². The maximum Gasteiger partial charge on any atom is 0.415 e. The van der Waals surface area contributed by atoms with Crippen LogP contribution in [0.1, 0.15) is 11.3 Å². The van der Waals surface area contributed by atoms with E-state index in [4.69, 9.17) is 9.72 Å². The average Bonchev–Trinajstić information content (AvgIpc) is 3.25. The number of ether oxygens (including phenoxy) is 1. The average molecular weight is 504 g/mol. The molecular weight excluding hydrogens is 480 g/mol. The molecule has 3 heterocycles. The number of hydrogen-bond donors (Lipinski definition) is 1. The van der Waals surface area contributed by atoms with Gasteiger partial charge in [-0.05, 0) is 55.0 Å². The molecule has 0 saturated heterocycles. The smallest absolute Gasteiger partial charge is 0.415 e. The highest BCUT2D eigenvalue weighted by molar-refractivity contribution is 7.98. The number of benzene rings is 2. The lowest BCUT2D eigenvalue weighted by Gasteiger charge is -2.19. The normalized spacial score (nSPS) is 11.5. The van der Waals surface area contributed by atoms with Crippen LogP contribution in [0.4, 0.5) is 14.6 Å². The number of nitrogens with zero attached hydrogens (tertiary/aromatic N) is 4. The standard InChI is InChI=1S/C27H23F2N5OS/c1-19-9-8-16-30-25(19)34-23-14-6-5-13-22(23)33-26(34)36-17-20-10-7-15-24(32-20)31-18-27(28,29)35-21-11-3-2-4-12-21/h2-16H,17-18H2,1H3,(H,31,32). The predicted octanol–water partition coefficient (Wildman–Crippen LogP) is 6.50. The monoisotopic (exact) mass is 503 g/mol. The molecule has 36 heavy (non-hydrogen) atoms. The van der Waals surface area contributed by atoms with E-state index in [1.165, 1.54) is 23.9 Å². The summed E-state index contributed by atoms with van der Waals surface area (Å²) in [4.78, 5) is 13.9. The number of imidazole rings is 1. The van der Waals surface area contributed by atoms with Gasteiger partial charge in [0, 0.05) is 11.9 Å². The molecule has 0 unspecified atom stereocenters. The fourth-order valence-corrected chi connectivity index (χ4v) is 4.62. The van der Waals surface area contributed by atoms with E-state index in [0.29, 0.717) is 11.6 Å². The highest BCUT2D eigenvalue weighted by Crippen LogP contribution is 2.30. The number of nitrogens with one attached hydrogen (secondary N) is 1. The Morgan fingerprint density at radius 2 is 1.72 bits per heavy atom. The molecular formula is C27H23F2N5OS. The number of hydrogen-bond acceptors (Lipinski definition) is 6. The van der Waals surface area contributed by atoms with E-state index in [-0.39, 0.29) is 5.75 Å².